The van der Waals surface area contributed by atoms with Crippen LogP contribution < -0.4 is 0 Å². The molecule has 0 N–H and O–H groups in total. The molecular weight excluding hydrogens is 164 g/mol. The van der Waals surface area contributed by atoms with E-state index < -0.39 is 0 Å². The van der Waals surface area contributed by atoms with Crippen LogP contribution in [0, 0.1) is 5.92 Å². The number of hydrogen-bond donors (Lipinski definition) is 0. The second-order valence-corrected chi connectivity index (χ2v) is 3.91. The van der Waals surface area contributed by atoms with Crippen LogP contribution in [0.3, 0.4) is 0 Å². The van der Waals surface area contributed by atoms with Crippen molar-refractivity contribution in [2.24, 2.45) is 5.92 Å². The number of methoxy groups -OCH3 is 1. The summed E-state index contributed by atoms with van der Waals surface area (Å²) >= 11 is 0. The predicted octanol–water partition coefficient (Wildman–Crippen LogP) is 2.62. The molecular formula is C11H22O2. The van der Waals surface area contributed by atoms with Gasteiger partial charge in [0, 0.05) is 7.11 Å². The molecule has 0 saturated heterocycles. The molecule has 1 saturated carbocycles. The first-order valence-electron chi connectivity index (χ1n) is 5.47. The average molecular weight is 186 g/mol. The highest BCUT2D eigenvalue weighted by molar-refractivity contribution is 4.71. The first-order valence-corrected chi connectivity index (χ1v) is 5.47. The summed E-state index contributed by atoms with van der Waals surface area (Å²) in [5.41, 5.74) is 0. The average Bonchev–Trinajstić information content (AvgIpc) is 2.19. The van der Waals surface area contributed by atoms with Crippen LogP contribution in [0.5, 0.6) is 0 Å². The summed E-state index contributed by atoms with van der Waals surface area (Å²) in [5.74, 6) is 0.960. The van der Waals surface area contributed by atoms with Crippen molar-refractivity contribution in [2.45, 2.75) is 45.1 Å². The Balaban J connectivity index is 2.03. The highest BCUT2D eigenvalue weighted by Gasteiger charge is 2.19. The van der Waals surface area contributed by atoms with E-state index in [0.717, 1.165) is 19.1 Å². The summed E-state index contributed by atoms with van der Waals surface area (Å²) in [6.07, 6.45) is 7.07. The van der Waals surface area contributed by atoms with Crippen LogP contribution in [0.4, 0.5) is 0 Å². The van der Waals surface area contributed by atoms with Gasteiger partial charge in [-0.25, -0.2) is 0 Å². The van der Waals surface area contributed by atoms with Crippen molar-refractivity contribution >= 4 is 0 Å². The van der Waals surface area contributed by atoms with Gasteiger partial charge in [0.25, 0.3) is 0 Å². The van der Waals surface area contributed by atoms with E-state index in [9.17, 15) is 0 Å². The molecule has 0 heterocycles. The monoisotopic (exact) mass is 186 g/mol. The highest BCUT2D eigenvalue weighted by Crippen LogP contribution is 2.27. The fourth-order valence-corrected chi connectivity index (χ4v) is 2.00. The van der Waals surface area contributed by atoms with Crippen LogP contribution in [0.25, 0.3) is 0 Å². The largest absolute Gasteiger partial charge is 0.382 e. The standard InChI is InChI=1S/C11H22O2/c1-3-10-4-6-11(7-5-10)13-9-8-12-2/h10-11H,3-9H2,1-2H3. The third-order valence-electron chi connectivity index (χ3n) is 3.01. The molecule has 1 rings (SSSR count). The Bertz CT molecular complexity index is 115. The Morgan fingerprint density at radius 3 is 2.31 bits per heavy atom. The van der Waals surface area contributed by atoms with Gasteiger partial charge in [-0.15, -0.1) is 0 Å². The maximum Gasteiger partial charge on any atom is 0.0704 e. The van der Waals surface area contributed by atoms with Crippen LogP contribution in [-0.4, -0.2) is 26.4 Å². The SMILES string of the molecule is CCC1CCC(OCCOC)CC1. The van der Waals surface area contributed by atoms with Crippen molar-refractivity contribution in [3.63, 3.8) is 0 Å². The number of ether oxygens (including phenoxy) is 2. The summed E-state index contributed by atoms with van der Waals surface area (Å²) in [6.45, 7) is 3.78. The molecule has 0 spiro atoms. The highest BCUT2D eigenvalue weighted by atomic mass is 16.5. The lowest BCUT2D eigenvalue weighted by Crippen LogP contribution is -2.22. The Morgan fingerprint density at radius 2 is 1.77 bits per heavy atom. The van der Waals surface area contributed by atoms with Crippen LogP contribution in [0.1, 0.15) is 39.0 Å². The molecule has 13 heavy (non-hydrogen) atoms. The number of rotatable bonds is 5. The molecule has 0 atom stereocenters. The lowest BCUT2D eigenvalue weighted by molar-refractivity contribution is -0.00769. The second-order valence-electron chi connectivity index (χ2n) is 3.91. The van der Waals surface area contributed by atoms with Crippen molar-refractivity contribution in [2.75, 3.05) is 20.3 Å². The molecule has 0 aliphatic heterocycles. The quantitative estimate of drug-likeness (QED) is 0.614. The molecule has 0 radical (unpaired) electrons. The fraction of sp³-hybridized carbons (Fsp3) is 1.00. The van der Waals surface area contributed by atoms with Gasteiger partial charge >= 0.3 is 0 Å². The van der Waals surface area contributed by atoms with Crippen molar-refractivity contribution < 1.29 is 9.47 Å². The van der Waals surface area contributed by atoms with Gasteiger partial charge in [0.05, 0.1) is 19.3 Å². The van der Waals surface area contributed by atoms with E-state index in [4.69, 9.17) is 9.47 Å². The number of hydrogen-bond acceptors (Lipinski definition) is 2. The van der Waals surface area contributed by atoms with Crippen LogP contribution in [-0.2, 0) is 9.47 Å². The smallest absolute Gasteiger partial charge is 0.0704 e. The van der Waals surface area contributed by atoms with Crippen molar-refractivity contribution in [3.8, 4) is 0 Å². The molecule has 2 nitrogen and oxygen atoms in total. The molecule has 1 fully saturated rings. The molecule has 0 unspecified atom stereocenters. The Morgan fingerprint density at radius 1 is 1.08 bits per heavy atom. The van der Waals surface area contributed by atoms with Gasteiger partial charge in [-0.05, 0) is 31.6 Å². The van der Waals surface area contributed by atoms with Gasteiger partial charge in [-0.3, -0.25) is 0 Å². The maximum absolute atomic E-state index is 5.69. The minimum atomic E-state index is 0.512. The van der Waals surface area contributed by atoms with Gasteiger partial charge < -0.3 is 9.47 Å². The summed E-state index contributed by atoms with van der Waals surface area (Å²) in [4.78, 5) is 0. The summed E-state index contributed by atoms with van der Waals surface area (Å²) in [6, 6.07) is 0. The van der Waals surface area contributed by atoms with Gasteiger partial charge in [-0.2, -0.15) is 0 Å². The molecule has 1 aliphatic carbocycles. The molecule has 78 valence electrons. The van der Waals surface area contributed by atoms with E-state index in [1.165, 1.54) is 32.1 Å². The van der Waals surface area contributed by atoms with Gasteiger partial charge in [0.2, 0.25) is 0 Å². The van der Waals surface area contributed by atoms with Crippen LogP contribution >= 0.6 is 0 Å². The van der Waals surface area contributed by atoms with E-state index in [1.54, 1.807) is 7.11 Å². The summed E-state index contributed by atoms with van der Waals surface area (Å²) in [7, 11) is 1.72. The Kier molecular flexibility index (Phi) is 5.40. The summed E-state index contributed by atoms with van der Waals surface area (Å²) < 4.78 is 10.6. The van der Waals surface area contributed by atoms with Crippen LogP contribution in [0.2, 0.25) is 0 Å². The Labute approximate surface area is 81.6 Å². The molecule has 0 bridgehead atoms. The minimum Gasteiger partial charge on any atom is -0.382 e. The minimum absolute atomic E-state index is 0.512. The van der Waals surface area contributed by atoms with Crippen molar-refractivity contribution in [3.05, 3.63) is 0 Å². The van der Waals surface area contributed by atoms with Gasteiger partial charge in [-0.1, -0.05) is 13.3 Å². The normalized spacial score (nSPS) is 29.1. The Hall–Kier alpha value is -0.0800. The second kappa shape index (κ2) is 6.39. The fourth-order valence-electron chi connectivity index (χ4n) is 2.00. The predicted molar refractivity (Wildman–Crippen MR) is 53.9 cm³/mol. The van der Waals surface area contributed by atoms with E-state index in [1.807, 2.05) is 0 Å². The molecule has 2 heteroatoms. The van der Waals surface area contributed by atoms with E-state index in [2.05, 4.69) is 6.92 Å². The third kappa shape index (κ3) is 4.10. The first kappa shape index (κ1) is 11.0. The zero-order valence-electron chi connectivity index (χ0n) is 8.92. The zero-order valence-corrected chi connectivity index (χ0v) is 8.92. The van der Waals surface area contributed by atoms with Crippen molar-refractivity contribution in [1.82, 2.24) is 0 Å². The van der Waals surface area contributed by atoms with Gasteiger partial charge in [0.15, 0.2) is 0 Å². The van der Waals surface area contributed by atoms with Crippen molar-refractivity contribution in [1.29, 1.82) is 0 Å². The van der Waals surface area contributed by atoms with Crippen LogP contribution in [0.15, 0.2) is 0 Å². The molecule has 1 aliphatic rings. The topological polar surface area (TPSA) is 18.5 Å². The molecule has 0 aromatic heterocycles. The molecule has 0 aromatic carbocycles. The molecule has 0 amide bonds. The maximum atomic E-state index is 5.69. The molecule has 0 aromatic rings. The van der Waals surface area contributed by atoms with E-state index in [-0.39, 0.29) is 0 Å². The van der Waals surface area contributed by atoms with E-state index in [0.29, 0.717) is 6.10 Å². The lowest BCUT2D eigenvalue weighted by Gasteiger charge is -2.27. The lowest BCUT2D eigenvalue weighted by atomic mass is 9.86. The van der Waals surface area contributed by atoms with E-state index >= 15 is 0 Å². The summed E-state index contributed by atoms with van der Waals surface area (Å²) in [5, 5.41) is 0. The zero-order chi connectivity index (χ0) is 9.52. The third-order valence-corrected chi connectivity index (χ3v) is 3.01. The first-order chi connectivity index (χ1) is 6.36. The van der Waals surface area contributed by atoms with Gasteiger partial charge in [0.1, 0.15) is 0 Å².